The molecule has 0 radical (unpaired) electrons. The highest BCUT2D eigenvalue weighted by Gasteiger charge is 2.19. The third kappa shape index (κ3) is 2.26. The first-order valence-electron chi connectivity index (χ1n) is 5.29. The van der Waals surface area contributed by atoms with Gasteiger partial charge in [-0.25, -0.2) is 0 Å². The van der Waals surface area contributed by atoms with Gasteiger partial charge < -0.3 is 10.6 Å². The Morgan fingerprint density at radius 3 is 3.12 bits per heavy atom. The van der Waals surface area contributed by atoms with Gasteiger partial charge in [-0.15, -0.1) is 0 Å². The second kappa shape index (κ2) is 4.66. The number of fused-ring (bicyclic) bond motifs is 1. The van der Waals surface area contributed by atoms with Gasteiger partial charge in [-0.05, 0) is 24.1 Å². The Kier molecular flexibility index (Phi) is 3.06. The second-order valence-electron chi connectivity index (χ2n) is 3.72. The van der Waals surface area contributed by atoms with Crippen LogP contribution in [0.3, 0.4) is 0 Å². The highest BCUT2D eigenvalue weighted by atomic mass is 16.2. The van der Waals surface area contributed by atoms with Gasteiger partial charge in [0.2, 0.25) is 5.91 Å². The average molecular weight is 229 g/mol. The number of nitrogens with one attached hydrogen (secondary N) is 2. The molecule has 0 atom stereocenters. The summed E-state index contributed by atoms with van der Waals surface area (Å²) in [6.45, 7) is 0.566. The van der Waals surface area contributed by atoms with E-state index < -0.39 is 0 Å². The van der Waals surface area contributed by atoms with Gasteiger partial charge in [0.15, 0.2) is 0 Å². The number of amides is 2. The van der Waals surface area contributed by atoms with Crippen molar-refractivity contribution in [2.45, 2.75) is 12.8 Å². The van der Waals surface area contributed by atoms with Crippen molar-refractivity contribution in [1.82, 2.24) is 5.32 Å². The Morgan fingerprint density at radius 1 is 1.53 bits per heavy atom. The van der Waals surface area contributed by atoms with Crippen molar-refractivity contribution in [1.29, 1.82) is 5.26 Å². The van der Waals surface area contributed by atoms with Crippen LogP contribution in [-0.4, -0.2) is 18.4 Å². The molecule has 0 aromatic heterocycles. The van der Waals surface area contributed by atoms with Crippen molar-refractivity contribution >= 4 is 17.5 Å². The molecule has 17 heavy (non-hydrogen) atoms. The highest BCUT2D eigenvalue weighted by molar-refractivity contribution is 6.00. The zero-order valence-electron chi connectivity index (χ0n) is 9.12. The van der Waals surface area contributed by atoms with Gasteiger partial charge in [-0.3, -0.25) is 9.59 Å². The number of nitriles is 1. The number of benzene rings is 1. The number of hydrogen-bond acceptors (Lipinski definition) is 3. The molecule has 0 fully saturated rings. The molecule has 86 valence electrons. The summed E-state index contributed by atoms with van der Waals surface area (Å²) in [7, 11) is 0. The van der Waals surface area contributed by atoms with Crippen molar-refractivity contribution in [2.24, 2.45) is 0 Å². The van der Waals surface area contributed by atoms with E-state index in [9.17, 15) is 9.59 Å². The summed E-state index contributed by atoms with van der Waals surface area (Å²) in [6.07, 6.45) is 0.500. The van der Waals surface area contributed by atoms with Crippen LogP contribution in [0.4, 0.5) is 5.69 Å². The van der Waals surface area contributed by atoms with Crippen molar-refractivity contribution < 1.29 is 9.59 Å². The van der Waals surface area contributed by atoms with Crippen LogP contribution in [0.15, 0.2) is 18.2 Å². The fourth-order valence-corrected chi connectivity index (χ4v) is 1.85. The molecule has 0 saturated carbocycles. The predicted octanol–water partition coefficient (Wildman–Crippen LogP) is 0.825. The quantitative estimate of drug-likeness (QED) is 0.787. The van der Waals surface area contributed by atoms with E-state index in [1.54, 1.807) is 24.3 Å². The predicted molar refractivity (Wildman–Crippen MR) is 61.3 cm³/mol. The zero-order valence-corrected chi connectivity index (χ0v) is 9.12. The number of anilines is 1. The van der Waals surface area contributed by atoms with Gasteiger partial charge in [0, 0.05) is 17.8 Å². The molecule has 5 nitrogen and oxygen atoms in total. The van der Waals surface area contributed by atoms with Gasteiger partial charge in [0.1, 0.15) is 6.42 Å². The van der Waals surface area contributed by atoms with Gasteiger partial charge in [0.05, 0.1) is 6.07 Å². The molecule has 0 spiro atoms. The van der Waals surface area contributed by atoms with E-state index in [4.69, 9.17) is 5.26 Å². The minimum Gasteiger partial charge on any atom is -0.352 e. The van der Waals surface area contributed by atoms with Crippen LogP contribution in [0, 0.1) is 11.3 Å². The van der Waals surface area contributed by atoms with Crippen LogP contribution in [0.25, 0.3) is 0 Å². The van der Waals surface area contributed by atoms with Gasteiger partial charge >= 0.3 is 0 Å². The topological polar surface area (TPSA) is 82.0 Å². The molecule has 0 saturated heterocycles. The Balaban J connectivity index is 2.30. The van der Waals surface area contributed by atoms with Gasteiger partial charge in [-0.1, -0.05) is 6.07 Å². The van der Waals surface area contributed by atoms with E-state index >= 15 is 0 Å². The summed E-state index contributed by atoms with van der Waals surface area (Å²) in [5, 5.41) is 13.8. The van der Waals surface area contributed by atoms with E-state index in [2.05, 4.69) is 10.6 Å². The standard InChI is InChI=1S/C12H11N3O2/c13-6-4-11(16)15-10-3-1-2-9-8(10)5-7-14-12(9)17/h1-3H,4-5,7H2,(H,14,17)(H,15,16). The van der Waals surface area contributed by atoms with Crippen LogP contribution in [0.2, 0.25) is 0 Å². The molecule has 5 heteroatoms. The fraction of sp³-hybridized carbons (Fsp3) is 0.250. The average Bonchev–Trinajstić information content (AvgIpc) is 2.31. The zero-order chi connectivity index (χ0) is 12.3. The molecule has 1 aromatic carbocycles. The lowest BCUT2D eigenvalue weighted by Gasteiger charge is -2.19. The summed E-state index contributed by atoms with van der Waals surface area (Å²) in [5.74, 6) is -0.477. The summed E-state index contributed by atoms with van der Waals surface area (Å²) in [6, 6.07) is 6.97. The smallest absolute Gasteiger partial charge is 0.251 e. The minimum atomic E-state index is -0.355. The van der Waals surface area contributed by atoms with Crippen molar-refractivity contribution in [3.05, 3.63) is 29.3 Å². The Hall–Kier alpha value is -2.35. The molecular formula is C12H11N3O2. The SMILES string of the molecule is N#CCC(=O)Nc1cccc2c1CCNC2=O. The van der Waals surface area contributed by atoms with E-state index in [1.807, 2.05) is 0 Å². The number of hydrogen-bond donors (Lipinski definition) is 2. The van der Waals surface area contributed by atoms with Crippen LogP contribution in [0.1, 0.15) is 22.3 Å². The molecule has 0 aliphatic carbocycles. The molecule has 1 heterocycles. The first-order valence-corrected chi connectivity index (χ1v) is 5.29. The Labute approximate surface area is 98.4 Å². The molecule has 1 aliphatic heterocycles. The summed E-state index contributed by atoms with van der Waals surface area (Å²) >= 11 is 0. The molecule has 2 rings (SSSR count). The van der Waals surface area contributed by atoms with Crippen LogP contribution in [-0.2, 0) is 11.2 Å². The van der Waals surface area contributed by atoms with Crippen molar-refractivity contribution in [2.75, 3.05) is 11.9 Å². The summed E-state index contributed by atoms with van der Waals surface area (Å²) < 4.78 is 0. The third-order valence-electron chi connectivity index (χ3n) is 2.59. The monoisotopic (exact) mass is 229 g/mol. The lowest BCUT2D eigenvalue weighted by atomic mass is 9.98. The normalized spacial score (nSPS) is 13.2. The Morgan fingerprint density at radius 2 is 2.35 bits per heavy atom. The molecular weight excluding hydrogens is 218 g/mol. The number of nitrogens with zero attached hydrogens (tertiary/aromatic N) is 1. The van der Waals surface area contributed by atoms with Crippen LogP contribution in [0.5, 0.6) is 0 Å². The largest absolute Gasteiger partial charge is 0.352 e. The maximum atomic E-state index is 11.6. The lowest BCUT2D eigenvalue weighted by molar-refractivity contribution is -0.115. The minimum absolute atomic E-state index is 0.123. The van der Waals surface area contributed by atoms with Crippen molar-refractivity contribution in [3.63, 3.8) is 0 Å². The highest BCUT2D eigenvalue weighted by Crippen LogP contribution is 2.23. The molecule has 0 bridgehead atoms. The van der Waals surface area contributed by atoms with Gasteiger partial charge in [-0.2, -0.15) is 5.26 Å². The lowest BCUT2D eigenvalue weighted by Crippen LogP contribution is -2.32. The van der Waals surface area contributed by atoms with E-state index in [0.717, 1.165) is 5.56 Å². The second-order valence-corrected chi connectivity index (χ2v) is 3.72. The molecule has 0 unspecified atom stereocenters. The number of carbonyl (C=O) groups is 2. The number of carbonyl (C=O) groups excluding carboxylic acids is 2. The van der Waals surface area contributed by atoms with E-state index in [0.29, 0.717) is 24.2 Å². The van der Waals surface area contributed by atoms with Crippen LogP contribution >= 0.6 is 0 Å². The maximum absolute atomic E-state index is 11.6. The molecule has 1 aromatic rings. The van der Waals surface area contributed by atoms with E-state index in [1.165, 1.54) is 0 Å². The maximum Gasteiger partial charge on any atom is 0.251 e. The number of rotatable bonds is 2. The van der Waals surface area contributed by atoms with Gasteiger partial charge in [0.25, 0.3) is 5.91 Å². The first-order chi connectivity index (χ1) is 8.22. The third-order valence-corrected chi connectivity index (χ3v) is 2.59. The van der Waals surface area contributed by atoms with Crippen LogP contribution < -0.4 is 10.6 Å². The molecule has 1 aliphatic rings. The molecule has 2 amide bonds. The molecule has 2 N–H and O–H groups in total. The summed E-state index contributed by atoms with van der Waals surface area (Å²) in [4.78, 5) is 22.9. The first kappa shape index (κ1) is 11.1. The van der Waals surface area contributed by atoms with E-state index in [-0.39, 0.29) is 18.2 Å². The fourth-order valence-electron chi connectivity index (χ4n) is 1.85. The van der Waals surface area contributed by atoms with Crippen molar-refractivity contribution in [3.8, 4) is 6.07 Å². The Bertz CT molecular complexity index is 517. The summed E-state index contributed by atoms with van der Waals surface area (Å²) in [5.41, 5.74) is 2.05.